The molecule has 1 N–H and O–H groups in total. The van der Waals surface area contributed by atoms with Gasteiger partial charge in [-0.15, -0.1) is 0 Å². The molecule has 0 amide bonds. The molecular formula is C14H18N2. The van der Waals surface area contributed by atoms with Gasteiger partial charge in [-0.3, -0.25) is 4.98 Å². The second-order valence-corrected chi connectivity index (χ2v) is 3.99. The Kier molecular flexibility index (Phi) is 3.89. The number of fused-ring (bicyclic) bond motifs is 1. The van der Waals surface area contributed by atoms with Crippen molar-refractivity contribution >= 4 is 10.9 Å². The fourth-order valence-corrected chi connectivity index (χ4v) is 1.90. The first kappa shape index (κ1) is 11.1. The van der Waals surface area contributed by atoms with Crippen molar-refractivity contribution in [2.75, 3.05) is 13.1 Å². The van der Waals surface area contributed by atoms with Crippen LogP contribution in [0.4, 0.5) is 0 Å². The van der Waals surface area contributed by atoms with Crippen molar-refractivity contribution in [2.24, 2.45) is 0 Å². The summed E-state index contributed by atoms with van der Waals surface area (Å²) in [5.74, 6) is 0. The van der Waals surface area contributed by atoms with Gasteiger partial charge in [-0.2, -0.15) is 0 Å². The van der Waals surface area contributed by atoms with Crippen molar-refractivity contribution in [3.63, 3.8) is 0 Å². The SMILES string of the molecule is CCCNCCc1ccnc2ccccc12. The van der Waals surface area contributed by atoms with Gasteiger partial charge in [0.2, 0.25) is 0 Å². The Labute approximate surface area is 96.7 Å². The van der Waals surface area contributed by atoms with Crippen molar-refractivity contribution in [2.45, 2.75) is 19.8 Å². The van der Waals surface area contributed by atoms with Gasteiger partial charge >= 0.3 is 0 Å². The van der Waals surface area contributed by atoms with E-state index in [-0.39, 0.29) is 0 Å². The van der Waals surface area contributed by atoms with Crippen LogP contribution >= 0.6 is 0 Å². The van der Waals surface area contributed by atoms with Crippen LogP contribution in [0, 0.1) is 0 Å². The number of nitrogens with one attached hydrogen (secondary N) is 1. The van der Waals surface area contributed by atoms with Crippen molar-refractivity contribution in [1.29, 1.82) is 0 Å². The minimum absolute atomic E-state index is 1.04. The molecule has 0 saturated heterocycles. The summed E-state index contributed by atoms with van der Waals surface area (Å²) in [6, 6.07) is 10.5. The summed E-state index contributed by atoms with van der Waals surface area (Å²) >= 11 is 0. The molecule has 84 valence electrons. The highest BCUT2D eigenvalue weighted by molar-refractivity contribution is 5.81. The molecule has 0 aliphatic carbocycles. The smallest absolute Gasteiger partial charge is 0.0704 e. The number of benzene rings is 1. The average Bonchev–Trinajstić information content (AvgIpc) is 2.35. The summed E-state index contributed by atoms with van der Waals surface area (Å²) in [7, 11) is 0. The van der Waals surface area contributed by atoms with Gasteiger partial charge in [-0.1, -0.05) is 25.1 Å². The van der Waals surface area contributed by atoms with Crippen LogP contribution in [0.1, 0.15) is 18.9 Å². The lowest BCUT2D eigenvalue weighted by atomic mass is 10.1. The minimum atomic E-state index is 1.04. The van der Waals surface area contributed by atoms with E-state index in [9.17, 15) is 0 Å². The van der Waals surface area contributed by atoms with Gasteiger partial charge < -0.3 is 5.32 Å². The van der Waals surface area contributed by atoms with Crippen molar-refractivity contribution < 1.29 is 0 Å². The molecule has 0 bridgehead atoms. The van der Waals surface area contributed by atoms with E-state index in [1.54, 1.807) is 0 Å². The number of nitrogens with zero attached hydrogens (tertiary/aromatic N) is 1. The molecule has 0 atom stereocenters. The zero-order chi connectivity index (χ0) is 11.2. The number of aromatic nitrogens is 1. The molecular weight excluding hydrogens is 196 g/mol. The standard InChI is InChI=1S/C14H18N2/c1-2-9-15-10-7-12-8-11-16-14-6-4-3-5-13(12)14/h3-6,8,11,15H,2,7,9-10H2,1H3. The summed E-state index contributed by atoms with van der Waals surface area (Å²) in [6.45, 7) is 4.33. The van der Waals surface area contributed by atoms with E-state index in [0.717, 1.165) is 25.0 Å². The predicted molar refractivity (Wildman–Crippen MR) is 68.6 cm³/mol. The Balaban J connectivity index is 2.11. The molecule has 0 fully saturated rings. The quantitative estimate of drug-likeness (QED) is 0.774. The molecule has 2 heteroatoms. The Morgan fingerprint density at radius 2 is 2.00 bits per heavy atom. The van der Waals surface area contributed by atoms with Gasteiger partial charge in [-0.05, 0) is 43.6 Å². The monoisotopic (exact) mass is 214 g/mol. The van der Waals surface area contributed by atoms with Crippen LogP contribution in [0.2, 0.25) is 0 Å². The van der Waals surface area contributed by atoms with Crippen LogP contribution in [0.25, 0.3) is 10.9 Å². The van der Waals surface area contributed by atoms with E-state index in [2.05, 4.69) is 41.5 Å². The molecule has 1 aromatic heterocycles. The highest BCUT2D eigenvalue weighted by atomic mass is 14.8. The Hall–Kier alpha value is -1.41. The van der Waals surface area contributed by atoms with Crippen LogP contribution in [0.15, 0.2) is 36.5 Å². The second-order valence-electron chi connectivity index (χ2n) is 3.99. The normalized spacial score (nSPS) is 10.8. The maximum atomic E-state index is 4.37. The molecule has 0 radical (unpaired) electrons. The Bertz CT molecular complexity index is 446. The van der Waals surface area contributed by atoms with E-state index in [0.29, 0.717) is 0 Å². The van der Waals surface area contributed by atoms with Crippen LogP contribution in [-0.2, 0) is 6.42 Å². The van der Waals surface area contributed by atoms with Gasteiger partial charge in [0.15, 0.2) is 0 Å². The van der Waals surface area contributed by atoms with E-state index in [4.69, 9.17) is 0 Å². The highest BCUT2D eigenvalue weighted by Gasteiger charge is 2.00. The van der Waals surface area contributed by atoms with Gasteiger partial charge in [-0.25, -0.2) is 0 Å². The fourth-order valence-electron chi connectivity index (χ4n) is 1.90. The molecule has 16 heavy (non-hydrogen) atoms. The number of rotatable bonds is 5. The lowest BCUT2D eigenvalue weighted by molar-refractivity contribution is 0.672. The summed E-state index contributed by atoms with van der Waals surface area (Å²) in [5.41, 5.74) is 2.48. The van der Waals surface area contributed by atoms with Crippen LogP contribution in [-0.4, -0.2) is 18.1 Å². The molecule has 1 heterocycles. The van der Waals surface area contributed by atoms with Crippen LogP contribution in [0.5, 0.6) is 0 Å². The van der Waals surface area contributed by atoms with Gasteiger partial charge in [0.05, 0.1) is 5.52 Å². The largest absolute Gasteiger partial charge is 0.316 e. The van der Waals surface area contributed by atoms with E-state index in [1.165, 1.54) is 17.4 Å². The fraction of sp³-hybridized carbons (Fsp3) is 0.357. The number of pyridine rings is 1. The predicted octanol–water partition coefficient (Wildman–Crippen LogP) is 2.78. The molecule has 0 saturated carbocycles. The summed E-state index contributed by atoms with van der Waals surface area (Å²) in [6.07, 6.45) is 4.16. The topological polar surface area (TPSA) is 24.9 Å². The molecule has 2 nitrogen and oxygen atoms in total. The number of para-hydroxylation sites is 1. The minimum Gasteiger partial charge on any atom is -0.316 e. The highest BCUT2D eigenvalue weighted by Crippen LogP contribution is 2.16. The Morgan fingerprint density at radius 3 is 2.88 bits per heavy atom. The Morgan fingerprint density at radius 1 is 1.12 bits per heavy atom. The van der Waals surface area contributed by atoms with Gasteiger partial charge in [0, 0.05) is 11.6 Å². The molecule has 0 aliphatic heterocycles. The van der Waals surface area contributed by atoms with Crippen LogP contribution < -0.4 is 5.32 Å². The molecule has 2 aromatic rings. The summed E-state index contributed by atoms with van der Waals surface area (Å²) in [4.78, 5) is 4.37. The van der Waals surface area contributed by atoms with Crippen molar-refractivity contribution in [3.05, 3.63) is 42.1 Å². The lowest BCUT2D eigenvalue weighted by Gasteiger charge is -2.06. The maximum absolute atomic E-state index is 4.37. The van der Waals surface area contributed by atoms with Gasteiger partial charge in [0.1, 0.15) is 0 Å². The third-order valence-corrected chi connectivity index (χ3v) is 2.74. The third kappa shape index (κ3) is 2.58. The molecule has 2 rings (SSSR count). The van der Waals surface area contributed by atoms with Crippen molar-refractivity contribution in [3.8, 4) is 0 Å². The molecule has 0 unspecified atom stereocenters. The van der Waals surface area contributed by atoms with Crippen molar-refractivity contribution in [1.82, 2.24) is 10.3 Å². The summed E-state index contributed by atoms with van der Waals surface area (Å²) in [5, 5.41) is 4.71. The second kappa shape index (κ2) is 5.61. The number of hydrogen-bond acceptors (Lipinski definition) is 2. The number of hydrogen-bond donors (Lipinski definition) is 1. The van der Waals surface area contributed by atoms with E-state index >= 15 is 0 Å². The first-order valence-corrected chi connectivity index (χ1v) is 5.95. The molecule has 0 aliphatic rings. The molecule has 1 aromatic carbocycles. The van der Waals surface area contributed by atoms with E-state index in [1.807, 2.05) is 12.3 Å². The van der Waals surface area contributed by atoms with E-state index < -0.39 is 0 Å². The average molecular weight is 214 g/mol. The van der Waals surface area contributed by atoms with Gasteiger partial charge in [0.25, 0.3) is 0 Å². The lowest BCUT2D eigenvalue weighted by Crippen LogP contribution is -2.17. The zero-order valence-electron chi connectivity index (χ0n) is 9.74. The van der Waals surface area contributed by atoms with Crippen LogP contribution in [0.3, 0.4) is 0 Å². The maximum Gasteiger partial charge on any atom is 0.0704 e. The molecule has 0 spiro atoms. The third-order valence-electron chi connectivity index (χ3n) is 2.74. The first-order valence-electron chi connectivity index (χ1n) is 5.95. The first-order chi connectivity index (χ1) is 7.92. The zero-order valence-corrected chi connectivity index (χ0v) is 9.74. The summed E-state index contributed by atoms with van der Waals surface area (Å²) < 4.78 is 0.